The zero-order valence-corrected chi connectivity index (χ0v) is 10.7. The quantitative estimate of drug-likeness (QED) is 0.849. The molecule has 0 aliphatic carbocycles. The first-order valence-electron chi connectivity index (χ1n) is 5.96. The summed E-state index contributed by atoms with van der Waals surface area (Å²) in [6.45, 7) is 0. The van der Waals surface area contributed by atoms with Crippen LogP contribution in [0.3, 0.4) is 0 Å². The number of nitrogens with one attached hydrogen (secondary N) is 1. The molecule has 19 heavy (non-hydrogen) atoms. The second-order valence-corrected chi connectivity index (χ2v) is 3.97. The second-order valence-electron chi connectivity index (χ2n) is 3.97. The maximum absolute atomic E-state index is 11.7. The van der Waals surface area contributed by atoms with Gasteiger partial charge in [0.1, 0.15) is 5.75 Å². The topological polar surface area (TPSA) is 38.3 Å². The fraction of sp³-hybridized carbons (Fsp3) is 0.0625. The Kier molecular flexibility index (Phi) is 4.34. The van der Waals surface area contributed by atoms with Crippen LogP contribution in [-0.4, -0.2) is 13.0 Å². The van der Waals surface area contributed by atoms with Gasteiger partial charge in [-0.15, -0.1) is 0 Å². The molecule has 0 heterocycles. The summed E-state index contributed by atoms with van der Waals surface area (Å²) in [5, 5.41) is 2.78. The van der Waals surface area contributed by atoms with Crippen molar-refractivity contribution in [3.8, 4) is 5.75 Å². The maximum Gasteiger partial charge on any atom is 0.248 e. The largest absolute Gasteiger partial charge is 0.497 e. The van der Waals surface area contributed by atoms with Crippen molar-refractivity contribution in [3.05, 3.63) is 66.2 Å². The van der Waals surface area contributed by atoms with Crippen LogP contribution in [-0.2, 0) is 4.79 Å². The minimum atomic E-state index is -0.158. The molecule has 2 rings (SSSR count). The van der Waals surface area contributed by atoms with Gasteiger partial charge in [-0.3, -0.25) is 4.79 Å². The van der Waals surface area contributed by atoms with E-state index in [-0.39, 0.29) is 5.91 Å². The molecule has 0 fully saturated rings. The maximum atomic E-state index is 11.7. The summed E-state index contributed by atoms with van der Waals surface area (Å²) in [7, 11) is 1.62. The van der Waals surface area contributed by atoms with Crippen LogP contribution in [0.15, 0.2) is 60.7 Å². The number of hydrogen-bond acceptors (Lipinski definition) is 2. The molecule has 0 unspecified atom stereocenters. The van der Waals surface area contributed by atoms with Gasteiger partial charge in [0.2, 0.25) is 5.91 Å². The number of methoxy groups -OCH3 is 1. The number of para-hydroxylation sites is 1. The van der Waals surface area contributed by atoms with Gasteiger partial charge in [0, 0.05) is 11.8 Å². The van der Waals surface area contributed by atoms with Gasteiger partial charge in [-0.25, -0.2) is 0 Å². The normalized spacial score (nSPS) is 10.4. The van der Waals surface area contributed by atoms with Crippen molar-refractivity contribution in [1.29, 1.82) is 0 Å². The van der Waals surface area contributed by atoms with E-state index >= 15 is 0 Å². The number of anilines is 1. The molecule has 1 amide bonds. The van der Waals surface area contributed by atoms with E-state index in [0.29, 0.717) is 0 Å². The first-order chi connectivity index (χ1) is 9.28. The van der Waals surface area contributed by atoms with Crippen LogP contribution in [0, 0.1) is 0 Å². The smallest absolute Gasteiger partial charge is 0.248 e. The predicted molar refractivity (Wildman–Crippen MR) is 77.1 cm³/mol. The zero-order chi connectivity index (χ0) is 13.5. The van der Waals surface area contributed by atoms with Crippen LogP contribution in [0.5, 0.6) is 5.75 Å². The van der Waals surface area contributed by atoms with Gasteiger partial charge in [0.05, 0.1) is 7.11 Å². The number of rotatable bonds is 4. The molecule has 96 valence electrons. The van der Waals surface area contributed by atoms with Crippen molar-refractivity contribution in [2.45, 2.75) is 0 Å². The number of hydrogen-bond donors (Lipinski definition) is 1. The van der Waals surface area contributed by atoms with Gasteiger partial charge in [0.15, 0.2) is 0 Å². The highest BCUT2D eigenvalue weighted by atomic mass is 16.5. The summed E-state index contributed by atoms with van der Waals surface area (Å²) >= 11 is 0. The highest BCUT2D eigenvalue weighted by Crippen LogP contribution is 2.13. The molecule has 0 radical (unpaired) electrons. The number of carbonyl (C=O) groups is 1. The minimum absolute atomic E-state index is 0.158. The van der Waals surface area contributed by atoms with Crippen molar-refractivity contribution >= 4 is 17.7 Å². The van der Waals surface area contributed by atoms with Crippen LogP contribution in [0.2, 0.25) is 0 Å². The lowest BCUT2D eigenvalue weighted by atomic mass is 10.2. The van der Waals surface area contributed by atoms with Crippen molar-refractivity contribution < 1.29 is 9.53 Å². The molecule has 3 heteroatoms. The van der Waals surface area contributed by atoms with Crippen molar-refractivity contribution in [3.63, 3.8) is 0 Å². The molecule has 0 aliphatic heterocycles. The lowest BCUT2D eigenvalue weighted by molar-refractivity contribution is -0.111. The van der Waals surface area contributed by atoms with Crippen molar-refractivity contribution in [2.75, 3.05) is 12.4 Å². The van der Waals surface area contributed by atoms with E-state index in [9.17, 15) is 4.79 Å². The van der Waals surface area contributed by atoms with Crippen molar-refractivity contribution in [2.24, 2.45) is 0 Å². The summed E-state index contributed by atoms with van der Waals surface area (Å²) in [4.78, 5) is 11.7. The van der Waals surface area contributed by atoms with E-state index < -0.39 is 0 Å². The Morgan fingerprint density at radius 2 is 1.89 bits per heavy atom. The van der Waals surface area contributed by atoms with Gasteiger partial charge in [-0.05, 0) is 35.9 Å². The van der Waals surface area contributed by atoms with Crippen LogP contribution in [0.4, 0.5) is 5.69 Å². The van der Waals surface area contributed by atoms with Crippen molar-refractivity contribution in [1.82, 2.24) is 0 Å². The van der Waals surface area contributed by atoms with E-state index in [1.54, 1.807) is 13.2 Å². The van der Waals surface area contributed by atoms with Gasteiger partial charge in [-0.2, -0.15) is 0 Å². The van der Waals surface area contributed by atoms with Gasteiger partial charge in [-0.1, -0.05) is 30.3 Å². The average molecular weight is 253 g/mol. The third kappa shape index (κ3) is 4.00. The average Bonchev–Trinajstić information content (AvgIpc) is 2.46. The monoisotopic (exact) mass is 253 g/mol. The molecule has 0 saturated carbocycles. The summed E-state index contributed by atoms with van der Waals surface area (Å²) in [5.74, 6) is 0.611. The summed E-state index contributed by atoms with van der Waals surface area (Å²) in [5.41, 5.74) is 1.70. The summed E-state index contributed by atoms with van der Waals surface area (Å²) in [6, 6.07) is 16.9. The molecule has 0 bridgehead atoms. The molecule has 0 spiro atoms. The van der Waals surface area contributed by atoms with E-state index in [0.717, 1.165) is 17.0 Å². The molecule has 2 aromatic rings. The molecule has 0 aromatic heterocycles. The standard InChI is InChI=1S/C16H15NO2/c1-19-15-9-5-6-13(12-15)10-11-16(18)17-14-7-3-2-4-8-14/h2-12H,1H3,(H,17,18)/b11-10-. The molecular formula is C16H15NO2. The number of amides is 1. The molecule has 0 saturated heterocycles. The van der Waals surface area contributed by atoms with E-state index in [2.05, 4.69) is 5.32 Å². The number of carbonyl (C=O) groups excluding carboxylic acids is 1. The van der Waals surface area contributed by atoms with E-state index in [1.807, 2.05) is 54.6 Å². The van der Waals surface area contributed by atoms with Gasteiger partial charge >= 0.3 is 0 Å². The first-order valence-corrected chi connectivity index (χ1v) is 5.96. The minimum Gasteiger partial charge on any atom is -0.497 e. The number of ether oxygens (including phenoxy) is 1. The SMILES string of the molecule is COc1cccc(/C=C\C(=O)Nc2ccccc2)c1. The Labute approximate surface area is 112 Å². The lowest BCUT2D eigenvalue weighted by Gasteiger charge is -2.01. The first kappa shape index (κ1) is 12.9. The highest BCUT2D eigenvalue weighted by molar-refractivity contribution is 6.01. The third-order valence-corrected chi connectivity index (χ3v) is 2.56. The Hall–Kier alpha value is -2.55. The summed E-state index contributed by atoms with van der Waals surface area (Å²) < 4.78 is 5.12. The zero-order valence-electron chi connectivity index (χ0n) is 10.7. The predicted octanol–water partition coefficient (Wildman–Crippen LogP) is 3.35. The van der Waals surface area contributed by atoms with Crippen LogP contribution in [0.25, 0.3) is 6.08 Å². The molecular weight excluding hydrogens is 238 g/mol. The third-order valence-electron chi connectivity index (χ3n) is 2.56. The molecule has 3 nitrogen and oxygen atoms in total. The van der Waals surface area contributed by atoms with Gasteiger partial charge in [0.25, 0.3) is 0 Å². The fourth-order valence-corrected chi connectivity index (χ4v) is 1.62. The van der Waals surface area contributed by atoms with Crippen LogP contribution < -0.4 is 10.1 Å². The summed E-state index contributed by atoms with van der Waals surface area (Å²) in [6.07, 6.45) is 3.25. The number of benzene rings is 2. The highest BCUT2D eigenvalue weighted by Gasteiger charge is 1.97. The second kappa shape index (κ2) is 6.40. The fourth-order valence-electron chi connectivity index (χ4n) is 1.62. The van der Waals surface area contributed by atoms with E-state index in [4.69, 9.17) is 4.74 Å². The lowest BCUT2D eigenvalue weighted by Crippen LogP contribution is -2.07. The Balaban J connectivity index is 2.00. The van der Waals surface area contributed by atoms with Crippen LogP contribution >= 0.6 is 0 Å². The Morgan fingerprint density at radius 3 is 2.63 bits per heavy atom. The van der Waals surface area contributed by atoms with Gasteiger partial charge < -0.3 is 10.1 Å². The Morgan fingerprint density at radius 1 is 1.11 bits per heavy atom. The Bertz CT molecular complexity index is 576. The molecule has 0 atom stereocenters. The molecule has 1 N–H and O–H groups in total. The van der Waals surface area contributed by atoms with Crippen LogP contribution in [0.1, 0.15) is 5.56 Å². The molecule has 2 aromatic carbocycles. The molecule has 0 aliphatic rings. The van der Waals surface area contributed by atoms with E-state index in [1.165, 1.54) is 6.08 Å².